The number of β-lactam (4-membered cyclic amide) rings is 1. The molecule has 3 heterocycles. The second-order valence-electron chi connectivity index (χ2n) is 6.46. The maximum absolute atomic E-state index is 12.4. The van der Waals surface area contributed by atoms with Crippen LogP contribution in [0.4, 0.5) is 5.69 Å². The second kappa shape index (κ2) is 7.12. The van der Waals surface area contributed by atoms with Crippen LogP contribution in [0.5, 0.6) is 0 Å². The first-order valence-corrected chi connectivity index (χ1v) is 9.39. The van der Waals surface area contributed by atoms with Gasteiger partial charge < -0.3 is 9.57 Å². The van der Waals surface area contributed by atoms with Crippen LogP contribution in [0, 0.1) is 10.1 Å². The van der Waals surface area contributed by atoms with E-state index >= 15 is 0 Å². The maximum Gasteiger partial charge on any atom is 0.355 e. The minimum absolute atomic E-state index is 0.0369. The molecule has 0 saturated carbocycles. The van der Waals surface area contributed by atoms with E-state index in [0.29, 0.717) is 17.6 Å². The van der Waals surface area contributed by atoms with Gasteiger partial charge in [0.15, 0.2) is 6.10 Å². The molecule has 0 radical (unpaired) electrons. The number of esters is 1. The van der Waals surface area contributed by atoms with Crippen molar-refractivity contribution in [2.24, 2.45) is 5.16 Å². The highest BCUT2D eigenvalue weighted by molar-refractivity contribution is 8.03. The summed E-state index contributed by atoms with van der Waals surface area (Å²) in [6, 6.07) is 5.73. The van der Waals surface area contributed by atoms with Gasteiger partial charge in [0.1, 0.15) is 17.7 Å². The molecule has 0 N–H and O–H groups in total. The number of fused-ring (bicyclic) bond motifs is 1. The van der Waals surface area contributed by atoms with E-state index < -0.39 is 10.9 Å². The summed E-state index contributed by atoms with van der Waals surface area (Å²) in [5.41, 5.74) is 2.24. The molecule has 9 nitrogen and oxygen atoms in total. The zero-order chi connectivity index (χ0) is 19.8. The predicted molar refractivity (Wildman–Crippen MR) is 99.9 cm³/mol. The molecule has 1 fully saturated rings. The Balaban J connectivity index is 1.35. The molecular formula is C18H15N3O6S. The largest absolute Gasteiger partial charge is 0.456 e. The molecule has 1 aromatic carbocycles. The summed E-state index contributed by atoms with van der Waals surface area (Å²) in [5.74, 6) is -0.862. The molecule has 1 saturated heterocycles. The normalized spacial score (nSPS) is 24.2. The molecule has 1 unspecified atom stereocenters. The Bertz CT molecular complexity index is 953. The fourth-order valence-corrected chi connectivity index (χ4v) is 4.15. The van der Waals surface area contributed by atoms with Gasteiger partial charge in [-0.15, -0.1) is 11.8 Å². The molecule has 3 aliphatic rings. The van der Waals surface area contributed by atoms with Gasteiger partial charge in [0.05, 0.1) is 16.2 Å². The molecule has 1 aromatic rings. The Labute approximate surface area is 163 Å². The molecule has 1 amide bonds. The Morgan fingerprint density at radius 3 is 2.86 bits per heavy atom. The number of hydrogen-bond acceptors (Lipinski definition) is 8. The standard InChI is InChI=1S/C18H15N3O6S/c1-10-6-13(27-19-10)7-14-16(22)20-15(9-28-17(14)20)18(23)26-8-11-2-4-12(5-3-11)21(24)25/h2-5,7,9,13,17H,6,8H2,1H3/b14-7-/t13?,17-/m1/s1. The molecule has 0 aromatic heterocycles. The summed E-state index contributed by atoms with van der Waals surface area (Å²) in [7, 11) is 0. The van der Waals surface area contributed by atoms with Gasteiger partial charge in [-0.05, 0) is 30.7 Å². The number of rotatable bonds is 5. The minimum Gasteiger partial charge on any atom is -0.456 e. The van der Waals surface area contributed by atoms with Crippen molar-refractivity contribution in [1.29, 1.82) is 0 Å². The van der Waals surface area contributed by atoms with Crippen LogP contribution in [0.15, 0.2) is 52.2 Å². The van der Waals surface area contributed by atoms with E-state index in [4.69, 9.17) is 9.57 Å². The van der Waals surface area contributed by atoms with E-state index in [1.54, 1.807) is 11.5 Å². The SMILES string of the molecule is CC1=NOC(/C=C2/C(=O)N3C(C(=O)OCc4ccc([N+](=O)[O-])cc4)=CS[C@H]23)C1. The number of carbonyl (C=O) groups excluding carboxylic acids is 2. The zero-order valence-electron chi connectivity index (χ0n) is 14.7. The Morgan fingerprint density at radius 2 is 2.21 bits per heavy atom. The number of thioether (sulfide) groups is 1. The molecule has 0 aliphatic carbocycles. The molecule has 144 valence electrons. The van der Waals surface area contributed by atoms with Crippen molar-refractivity contribution in [2.45, 2.75) is 31.4 Å². The molecule has 28 heavy (non-hydrogen) atoms. The average molecular weight is 401 g/mol. The van der Waals surface area contributed by atoms with Gasteiger partial charge in [0.25, 0.3) is 11.6 Å². The van der Waals surface area contributed by atoms with E-state index in [1.165, 1.54) is 40.9 Å². The number of ether oxygens (including phenoxy) is 1. The number of non-ortho nitro benzene ring substituents is 1. The number of nitrogens with zero attached hydrogens (tertiary/aromatic N) is 3. The number of nitro benzene ring substituents is 1. The number of carbonyl (C=O) groups is 2. The first-order valence-electron chi connectivity index (χ1n) is 8.44. The lowest BCUT2D eigenvalue weighted by Crippen LogP contribution is -2.51. The van der Waals surface area contributed by atoms with E-state index in [0.717, 1.165) is 5.71 Å². The summed E-state index contributed by atoms with van der Waals surface area (Å²) in [6.45, 7) is 1.82. The Hall–Kier alpha value is -3.14. The van der Waals surface area contributed by atoms with Crippen LogP contribution in [0.3, 0.4) is 0 Å². The smallest absolute Gasteiger partial charge is 0.355 e. The van der Waals surface area contributed by atoms with Crippen LogP contribution in [0.1, 0.15) is 18.9 Å². The van der Waals surface area contributed by atoms with E-state index in [2.05, 4.69) is 5.16 Å². The van der Waals surface area contributed by atoms with Crippen molar-refractivity contribution >= 4 is 35.0 Å². The fourth-order valence-electron chi connectivity index (χ4n) is 3.03. The van der Waals surface area contributed by atoms with Crippen molar-refractivity contribution in [2.75, 3.05) is 0 Å². The summed E-state index contributed by atoms with van der Waals surface area (Å²) in [4.78, 5) is 41.6. The van der Waals surface area contributed by atoms with Gasteiger partial charge in [0.2, 0.25) is 0 Å². The third-order valence-electron chi connectivity index (χ3n) is 4.47. The summed E-state index contributed by atoms with van der Waals surface area (Å²) >= 11 is 1.36. The monoisotopic (exact) mass is 401 g/mol. The quantitative estimate of drug-likeness (QED) is 0.245. The lowest BCUT2D eigenvalue weighted by atomic mass is 10.0. The van der Waals surface area contributed by atoms with Crippen LogP contribution in [0.25, 0.3) is 0 Å². The zero-order valence-corrected chi connectivity index (χ0v) is 15.5. The van der Waals surface area contributed by atoms with Crippen LogP contribution in [0.2, 0.25) is 0 Å². The van der Waals surface area contributed by atoms with Crippen LogP contribution in [-0.4, -0.2) is 38.9 Å². The van der Waals surface area contributed by atoms with Crippen LogP contribution < -0.4 is 0 Å². The van der Waals surface area contributed by atoms with Crippen molar-refractivity contribution < 1.29 is 24.1 Å². The average Bonchev–Trinajstić information content (AvgIpc) is 3.28. The molecule has 10 heteroatoms. The number of hydrogen-bond donors (Lipinski definition) is 0. The third kappa shape index (κ3) is 3.26. The molecule has 4 rings (SSSR count). The first-order chi connectivity index (χ1) is 13.4. The third-order valence-corrected chi connectivity index (χ3v) is 5.55. The van der Waals surface area contributed by atoms with Gasteiger partial charge in [0, 0.05) is 24.0 Å². The molecule has 3 aliphatic heterocycles. The molecule has 0 bridgehead atoms. The van der Waals surface area contributed by atoms with Crippen molar-refractivity contribution in [3.8, 4) is 0 Å². The first kappa shape index (κ1) is 18.2. The van der Waals surface area contributed by atoms with Crippen molar-refractivity contribution in [1.82, 2.24) is 4.90 Å². The lowest BCUT2D eigenvalue weighted by molar-refractivity contribution is -0.384. The number of nitro groups is 1. The number of amides is 1. The van der Waals surface area contributed by atoms with Gasteiger partial charge in [-0.2, -0.15) is 0 Å². The molecular weight excluding hydrogens is 386 g/mol. The van der Waals surface area contributed by atoms with Gasteiger partial charge in [-0.3, -0.25) is 19.8 Å². The predicted octanol–water partition coefficient (Wildman–Crippen LogP) is 2.49. The van der Waals surface area contributed by atoms with Crippen molar-refractivity contribution in [3.05, 3.63) is 62.7 Å². The summed E-state index contributed by atoms with van der Waals surface area (Å²) < 4.78 is 5.25. The van der Waals surface area contributed by atoms with Gasteiger partial charge >= 0.3 is 5.97 Å². The molecule has 0 spiro atoms. The lowest BCUT2D eigenvalue weighted by Gasteiger charge is -2.37. The van der Waals surface area contributed by atoms with E-state index in [-0.39, 0.29) is 35.4 Å². The minimum atomic E-state index is -0.614. The van der Waals surface area contributed by atoms with Gasteiger partial charge in [-0.25, -0.2) is 4.79 Å². The maximum atomic E-state index is 12.4. The molecule has 2 atom stereocenters. The highest BCUT2D eigenvalue weighted by Gasteiger charge is 2.50. The number of oxime groups is 1. The Kier molecular flexibility index (Phi) is 4.63. The second-order valence-corrected chi connectivity index (χ2v) is 7.42. The van der Waals surface area contributed by atoms with Crippen LogP contribution in [-0.2, 0) is 25.8 Å². The van der Waals surface area contributed by atoms with E-state index in [9.17, 15) is 19.7 Å². The van der Waals surface area contributed by atoms with Gasteiger partial charge in [-0.1, -0.05) is 5.16 Å². The Morgan fingerprint density at radius 1 is 1.46 bits per heavy atom. The van der Waals surface area contributed by atoms with Crippen LogP contribution >= 0.6 is 11.8 Å². The summed E-state index contributed by atoms with van der Waals surface area (Å²) in [5, 5.41) is 15.9. The van der Waals surface area contributed by atoms with E-state index in [1.807, 2.05) is 6.92 Å². The highest BCUT2D eigenvalue weighted by atomic mass is 32.2. The number of benzene rings is 1. The fraction of sp³-hybridized carbons (Fsp3) is 0.278. The highest BCUT2D eigenvalue weighted by Crippen LogP contribution is 2.45. The van der Waals surface area contributed by atoms with Crippen molar-refractivity contribution in [3.63, 3.8) is 0 Å². The topological polar surface area (TPSA) is 111 Å². The summed E-state index contributed by atoms with van der Waals surface area (Å²) in [6.07, 6.45) is 2.15.